The molecule has 2 aromatic heterocycles. The number of rotatable bonds is 9. The Labute approximate surface area is 195 Å². The molecule has 2 heterocycles. The van der Waals surface area contributed by atoms with E-state index in [1.165, 1.54) is 19.3 Å². The van der Waals surface area contributed by atoms with Crippen LogP contribution in [0.1, 0.15) is 55.8 Å². The van der Waals surface area contributed by atoms with Crippen molar-refractivity contribution in [1.82, 2.24) is 14.5 Å². The normalized spacial score (nSPS) is 11.3. The first-order valence-electron chi connectivity index (χ1n) is 11.1. The second-order valence-electron chi connectivity index (χ2n) is 7.86. The molecule has 0 spiro atoms. The number of hydrogen-bond acceptors (Lipinski definition) is 5. The monoisotopic (exact) mass is 494 g/mol. The fourth-order valence-electron chi connectivity index (χ4n) is 3.83. The molecule has 0 aliphatic carbocycles. The highest BCUT2D eigenvalue weighted by Gasteiger charge is 2.25. The Morgan fingerprint density at radius 2 is 1.62 bits per heavy atom. The molecule has 0 saturated heterocycles. The van der Waals surface area contributed by atoms with E-state index in [-0.39, 0.29) is 11.4 Å². The molecule has 0 atom stereocenters. The lowest BCUT2D eigenvalue weighted by Gasteiger charge is -2.08. The molecule has 0 aliphatic rings. The Morgan fingerprint density at radius 1 is 0.969 bits per heavy atom. The summed E-state index contributed by atoms with van der Waals surface area (Å²) in [6.45, 7) is 2.57. The summed E-state index contributed by atoms with van der Waals surface area (Å²) in [6.07, 6.45) is 6.74. The number of carbonyl (C=O) groups excluding carboxylic acids is 1. The van der Waals surface area contributed by atoms with Crippen molar-refractivity contribution >= 4 is 49.9 Å². The summed E-state index contributed by atoms with van der Waals surface area (Å²) in [6, 6.07) is 15.3. The molecule has 0 bridgehead atoms. The molecule has 0 radical (unpaired) electrons. The number of aromatic nitrogens is 3. The Bertz CT molecular complexity index is 1230. The molecule has 0 saturated carbocycles. The van der Waals surface area contributed by atoms with Crippen molar-refractivity contribution in [2.75, 3.05) is 12.3 Å². The maximum atomic E-state index is 13.1. The van der Waals surface area contributed by atoms with Gasteiger partial charge in [0.25, 0.3) is 0 Å². The standard InChI is InChI=1S/C25H27BrN4O2/c1-2-3-4-5-6-9-16-32-25(31)21-22-24(29-20-11-8-7-10-19(20)28-22)30(23(21)27)18-14-12-17(26)13-15-18/h7-8,10-15H,2-6,9,16,27H2,1H3. The Kier molecular flexibility index (Phi) is 7.05. The number of carbonyl (C=O) groups is 1. The van der Waals surface area contributed by atoms with Crippen LogP contribution in [0, 0.1) is 0 Å². The Morgan fingerprint density at radius 3 is 2.34 bits per heavy atom. The average Bonchev–Trinajstić information content (AvgIpc) is 3.08. The summed E-state index contributed by atoms with van der Waals surface area (Å²) in [7, 11) is 0. The van der Waals surface area contributed by atoms with E-state index in [2.05, 4.69) is 22.9 Å². The molecule has 0 aliphatic heterocycles. The van der Waals surface area contributed by atoms with Gasteiger partial charge >= 0.3 is 5.97 Å². The smallest absolute Gasteiger partial charge is 0.344 e. The van der Waals surface area contributed by atoms with E-state index in [0.29, 0.717) is 23.3 Å². The summed E-state index contributed by atoms with van der Waals surface area (Å²) < 4.78 is 8.31. The summed E-state index contributed by atoms with van der Waals surface area (Å²) >= 11 is 3.46. The van der Waals surface area contributed by atoms with E-state index < -0.39 is 5.97 Å². The van der Waals surface area contributed by atoms with E-state index in [1.54, 1.807) is 4.57 Å². The largest absolute Gasteiger partial charge is 0.462 e. The number of unbranched alkanes of at least 4 members (excludes halogenated alkanes) is 5. The van der Waals surface area contributed by atoms with Crippen molar-refractivity contribution in [3.05, 3.63) is 58.6 Å². The molecule has 0 amide bonds. The first-order chi connectivity index (χ1) is 15.6. The van der Waals surface area contributed by atoms with Crippen LogP contribution in [0.25, 0.3) is 27.9 Å². The second kappa shape index (κ2) is 10.1. The van der Waals surface area contributed by atoms with Crippen molar-refractivity contribution in [2.24, 2.45) is 0 Å². The molecular weight excluding hydrogens is 468 g/mol. The van der Waals surface area contributed by atoms with Crippen molar-refractivity contribution < 1.29 is 9.53 Å². The molecule has 32 heavy (non-hydrogen) atoms. The average molecular weight is 495 g/mol. The highest BCUT2D eigenvalue weighted by molar-refractivity contribution is 9.10. The van der Waals surface area contributed by atoms with Gasteiger partial charge in [0.15, 0.2) is 5.65 Å². The van der Waals surface area contributed by atoms with Gasteiger partial charge in [0.05, 0.1) is 17.6 Å². The lowest BCUT2D eigenvalue weighted by atomic mass is 10.1. The zero-order valence-corrected chi connectivity index (χ0v) is 19.8. The zero-order valence-electron chi connectivity index (χ0n) is 18.2. The third-order valence-corrected chi connectivity index (χ3v) is 6.05. The van der Waals surface area contributed by atoms with Crippen LogP contribution in [0.3, 0.4) is 0 Å². The number of fused-ring (bicyclic) bond motifs is 2. The van der Waals surface area contributed by atoms with Gasteiger partial charge in [-0.3, -0.25) is 4.57 Å². The van der Waals surface area contributed by atoms with Crippen LogP contribution < -0.4 is 5.73 Å². The molecular formula is C25H27BrN4O2. The van der Waals surface area contributed by atoms with Gasteiger partial charge < -0.3 is 10.5 Å². The molecule has 6 nitrogen and oxygen atoms in total. The summed E-state index contributed by atoms with van der Waals surface area (Å²) in [5.41, 5.74) is 10.0. The predicted octanol–water partition coefficient (Wildman–Crippen LogP) is 6.44. The van der Waals surface area contributed by atoms with Crippen LogP contribution >= 0.6 is 15.9 Å². The minimum Gasteiger partial charge on any atom is -0.462 e. The number of para-hydroxylation sites is 2. The number of nitrogen functional groups attached to an aromatic ring is 1. The molecule has 0 unspecified atom stereocenters. The quantitative estimate of drug-likeness (QED) is 0.214. The van der Waals surface area contributed by atoms with Crippen LogP contribution in [0.2, 0.25) is 0 Å². The number of halogens is 1. The second-order valence-corrected chi connectivity index (χ2v) is 8.78. The van der Waals surface area contributed by atoms with Gasteiger partial charge in [0.2, 0.25) is 0 Å². The van der Waals surface area contributed by atoms with Crippen molar-refractivity contribution in [2.45, 2.75) is 45.4 Å². The van der Waals surface area contributed by atoms with Gasteiger partial charge in [-0.15, -0.1) is 0 Å². The SMILES string of the molecule is CCCCCCCCOC(=O)c1c(N)n(-c2ccc(Br)cc2)c2nc3ccccc3nc12. The van der Waals surface area contributed by atoms with E-state index in [1.807, 2.05) is 48.5 Å². The number of ether oxygens (including phenoxy) is 1. The number of benzene rings is 2. The summed E-state index contributed by atoms with van der Waals surface area (Å²) in [5, 5.41) is 0. The van der Waals surface area contributed by atoms with Gasteiger partial charge in [-0.05, 0) is 42.8 Å². The fraction of sp³-hybridized carbons (Fsp3) is 0.320. The highest BCUT2D eigenvalue weighted by atomic mass is 79.9. The first kappa shape index (κ1) is 22.3. The van der Waals surface area contributed by atoms with Crippen LogP contribution in [-0.2, 0) is 4.74 Å². The molecule has 0 fully saturated rings. The van der Waals surface area contributed by atoms with Gasteiger partial charge in [0, 0.05) is 10.2 Å². The predicted molar refractivity (Wildman–Crippen MR) is 132 cm³/mol. The van der Waals surface area contributed by atoms with Crippen LogP contribution in [0.5, 0.6) is 0 Å². The maximum absolute atomic E-state index is 13.1. The topological polar surface area (TPSA) is 83.0 Å². The van der Waals surface area contributed by atoms with Gasteiger partial charge in [0.1, 0.15) is 16.9 Å². The Hall–Kier alpha value is -2.93. The van der Waals surface area contributed by atoms with Crippen molar-refractivity contribution in [1.29, 1.82) is 0 Å². The van der Waals surface area contributed by atoms with Gasteiger partial charge in [-0.1, -0.05) is 67.1 Å². The number of nitrogens with zero attached hydrogens (tertiary/aromatic N) is 3. The lowest BCUT2D eigenvalue weighted by Crippen LogP contribution is -2.10. The number of anilines is 1. The molecule has 2 aromatic carbocycles. The Balaban J connectivity index is 1.68. The maximum Gasteiger partial charge on any atom is 0.344 e. The molecule has 2 N–H and O–H groups in total. The molecule has 4 aromatic rings. The third kappa shape index (κ3) is 4.63. The number of hydrogen-bond donors (Lipinski definition) is 1. The van der Waals surface area contributed by atoms with E-state index in [9.17, 15) is 4.79 Å². The van der Waals surface area contributed by atoms with Gasteiger partial charge in [-0.25, -0.2) is 14.8 Å². The van der Waals surface area contributed by atoms with Crippen LogP contribution in [0.15, 0.2) is 53.0 Å². The minimum absolute atomic E-state index is 0.271. The fourth-order valence-corrected chi connectivity index (χ4v) is 4.10. The summed E-state index contributed by atoms with van der Waals surface area (Å²) in [5.74, 6) is -0.174. The van der Waals surface area contributed by atoms with Crippen molar-refractivity contribution in [3.8, 4) is 5.69 Å². The van der Waals surface area contributed by atoms with E-state index in [0.717, 1.165) is 34.9 Å². The van der Waals surface area contributed by atoms with Gasteiger partial charge in [-0.2, -0.15) is 0 Å². The van der Waals surface area contributed by atoms with Crippen LogP contribution in [-0.4, -0.2) is 27.1 Å². The molecule has 4 rings (SSSR count). The summed E-state index contributed by atoms with van der Waals surface area (Å²) in [4.78, 5) is 22.6. The van der Waals surface area contributed by atoms with Crippen molar-refractivity contribution in [3.63, 3.8) is 0 Å². The molecule has 7 heteroatoms. The number of esters is 1. The zero-order chi connectivity index (χ0) is 22.5. The molecule has 166 valence electrons. The first-order valence-corrected chi connectivity index (χ1v) is 11.9. The van der Waals surface area contributed by atoms with E-state index >= 15 is 0 Å². The highest BCUT2D eigenvalue weighted by Crippen LogP contribution is 2.32. The van der Waals surface area contributed by atoms with Crippen LogP contribution in [0.4, 0.5) is 5.82 Å². The van der Waals surface area contributed by atoms with E-state index in [4.69, 9.17) is 20.4 Å². The third-order valence-electron chi connectivity index (χ3n) is 5.52. The lowest BCUT2D eigenvalue weighted by molar-refractivity contribution is 0.0501. The minimum atomic E-state index is -0.457. The number of nitrogens with two attached hydrogens (primary N) is 1.